The minimum Gasteiger partial charge on any atom is -0.444 e. The van der Waals surface area contributed by atoms with Crippen molar-refractivity contribution < 1.29 is 24.2 Å². The van der Waals surface area contributed by atoms with Gasteiger partial charge in [-0.3, -0.25) is 14.8 Å². The van der Waals surface area contributed by atoms with Crippen LogP contribution in [0.25, 0.3) is 28.0 Å². The average Bonchev–Trinajstić information content (AvgIpc) is 3.85. The van der Waals surface area contributed by atoms with Crippen molar-refractivity contribution in [2.75, 3.05) is 13.1 Å². The van der Waals surface area contributed by atoms with Crippen LogP contribution in [0.15, 0.2) is 59.9 Å². The molecule has 0 saturated carbocycles. The Labute approximate surface area is 282 Å². The summed E-state index contributed by atoms with van der Waals surface area (Å²) < 4.78 is 11.3. The topological polar surface area (TPSA) is 120 Å². The maximum absolute atomic E-state index is 12.8. The molecular weight excluding hydrogens is 606 g/mol. The molecule has 2 amide bonds. The summed E-state index contributed by atoms with van der Waals surface area (Å²) in [6.45, 7) is 12.5. The number of ether oxygens (including phenoxy) is 2. The highest BCUT2D eigenvalue weighted by Crippen LogP contribution is 2.36. The van der Waals surface area contributed by atoms with Gasteiger partial charge in [-0.1, -0.05) is 36.4 Å². The van der Waals surface area contributed by atoms with Crippen molar-refractivity contribution in [1.29, 1.82) is 0 Å². The van der Waals surface area contributed by atoms with Gasteiger partial charge < -0.3 is 19.6 Å². The van der Waals surface area contributed by atoms with Crippen LogP contribution in [0.4, 0.5) is 9.59 Å². The molecule has 1 aromatic heterocycles. The number of aromatic nitrogens is 2. The number of rotatable bonds is 6. The van der Waals surface area contributed by atoms with Gasteiger partial charge in [-0.25, -0.2) is 14.6 Å². The van der Waals surface area contributed by atoms with Crippen LogP contribution in [-0.4, -0.2) is 73.1 Å². The smallest absolute Gasteiger partial charge is 0.410 e. The lowest BCUT2D eigenvalue weighted by molar-refractivity contribution is 0.0216. The van der Waals surface area contributed by atoms with Gasteiger partial charge in [-0.15, -0.1) is 0 Å². The Morgan fingerprint density at radius 3 is 2.06 bits per heavy atom. The molecule has 3 aromatic rings. The third kappa shape index (κ3) is 7.33. The van der Waals surface area contributed by atoms with Crippen molar-refractivity contribution >= 4 is 23.5 Å². The summed E-state index contributed by atoms with van der Waals surface area (Å²) in [4.78, 5) is 42.0. The quantitative estimate of drug-likeness (QED) is 0.279. The molecule has 2 aromatic carbocycles. The van der Waals surface area contributed by atoms with Crippen LogP contribution in [0.3, 0.4) is 0 Å². The molecule has 0 radical (unpaired) electrons. The number of carbonyl (C=O) groups excluding carboxylic acids is 2. The van der Waals surface area contributed by atoms with E-state index < -0.39 is 11.2 Å². The molecular formula is C38H47N5O5. The van der Waals surface area contributed by atoms with Crippen LogP contribution in [0.5, 0.6) is 0 Å². The normalized spacial score (nSPS) is 19.8. The number of benzene rings is 2. The van der Waals surface area contributed by atoms with E-state index in [1.807, 2.05) is 89.2 Å². The molecule has 2 fully saturated rings. The van der Waals surface area contributed by atoms with Gasteiger partial charge in [-0.05, 0) is 107 Å². The van der Waals surface area contributed by atoms with Crippen molar-refractivity contribution in [3.8, 4) is 22.4 Å². The molecule has 2 atom stereocenters. The predicted molar refractivity (Wildman–Crippen MR) is 186 cm³/mol. The van der Waals surface area contributed by atoms with Crippen molar-refractivity contribution in [3.05, 3.63) is 71.8 Å². The van der Waals surface area contributed by atoms with Gasteiger partial charge in [0, 0.05) is 31.4 Å². The van der Waals surface area contributed by atoms with Crippen LogP contribution in [0.1, 0.15) is 96.6 Å². The minimum atomic E-state index is -0.551. The number of hydrogen-bond acceptors (Lipinski definition) is 7. The number of imidazole rings is 1. The van der Waals surface area contributed by atoms with E-state index in [-0.39, 0.29) is 30.9 Å². The first-order chi connectivity index (χ1) is 22.8. The number of H-pyrrole nitrogens is 1. The highest BCUT2D eigenvalue weighted by molar-refractivity contribution is 6.03. The van der Waals surface area contributed by atoms with Gasteiger partial charge in [0.1, 0.15) is 17.0 Å². The summed E-state index contributed by atoms with van der Waals surface area (Å²) in [6, 6.07) is 14.1. The van der Waals surface area contributed by atoms with E-state index in [0.717, 1.165) is 76.3 Å². The summed E-state index contributed by atoms with van der Waals surface area (Å²) >= 11 is 0. The zero-order valence-electron chi connectivity index (χ0n) is 28.9. The van der Waals surface area contributed by atoms with Gasteiger partial charge in [0.05, 0.1) is 30.6 Å². The van der Waals surface area contributed by atoms with Gasteiger partial charge >= 0.3 is 12.2 Å². The fourth-order valence-electron chi connectivity index (χ4n) is 6.76. The van der Waals surface area contributed by atoms with E-state index in [2.05, 4.69) is 22.1 Å². The number of likely N-dealkylation sites (tertiary alicyclic amines) is 2. The SMILES string of the molecule is CC(C)(C)OC(=O)N1CCC[C@H]1C1=NC=C(c2ccc(-c3ccc(-c4cnc([C@@H]5CCCN5C(=O)OC(C)(C)C)[nH]4)cc3)c(CO)c2)C1. The van der Waals surface area contributed by atoms with Gasteiger partial charge in [0.15, 0.2) is 0 Å². The zero-order chi connectivity index (χ0) is 34.2. The number of hydrogen-bond donors (Lipinski definition) is 2. The molecule has 4 heterocycles. The maximum atomic E-state index is 12.8. The molecule has 0 bridgehead atoms. The number of aliphatic hydroxyl groups is 1. The third-order valence-electron chi connectivity index (χ3n) is 8.97. The first-order valence-corrected chi connectivity index (χ1v) is 16.9. The van der Waals surface area contributed by atoms with Crippen LogP contribution in [0, 0.1) is 0 Å². The van der Waals surface area contributed by atoms with E-state index in [9.17, 15) is 14.7 Å². The van der Waals surface area contributed by atoms with E-state index in [0.29, 0.717) is 19.5 Å². The Morgan fingerprint density at radius 1 is 0.854 bits per heavy atom. The second kappa shape index (κ2) is 13.2. The lowest BCUT2D eigenvalue weighted by atomic mass is 9.93. The van der Waals surface area contributed by atoms with Crippen molar-refractivity contribution in [2.45, 2.75) is 104 Å². The number of carbonyl (C=O) groups is 2. The van der Waals surface area contributed by atoms with Crippen molar-refractivity contribution in [2.24, 2.45) is 4.99 Å². The first kappa shape index (κ1) is 33.5. The number of aliphatic imine (C=N–C) groups is 1. The van der Waals surface area contributed by atoms with Gasteiger partial charge in [0.2, 0.25) is 0 Å². The summed E-state index contributed by atoms with van der Waals surface area (Å²) in [7, 11) is 0. The summed E-state index contributed by atoms with van der Waals surface area (Å²) in [5.41, 5.74) is 6.61. The first-order valence-electron chi connectivity index (χ1n) is 16.9. The van der Waals surface area contributed by atoms with Gasteiger partial charge in [-0.2, -0.15) is 0 Å². The molecule has 2 N–H and O–H groups in total. The second-order valence-corrected chi connectivity index (χ2v) is 14.9. The highest BCUT2D eigenvalue weighted by atomic mass is 16.6. The minimum absolute atomic E-state index is 0.0586. The predicted octanol–water partition coefficient (Wildman–Crippen LogP) is 7.89. The Balaban J connectivity index is 1.12. The third-order valence-corrected chi connectivity index (χ3v) is 8.97. The zero-order valence-corrected chi connectivity index (χ0v) is 28.9. The molecule has 254 valence electrons. The summed E-state index contributed by atoms with van der Waals surface area (Å²) in [5, 5.41) is 10.4. The highest BCUT2D eigenvalue weighted by Gasteiger charge is 2.37. The van der Waals surface area contributed by atoms with Crippen molar-refractivity contribution in [3.63, 3.8) is 0 Å². The molecule has 10 nitrogen and oxygen atoms in total. The van der Waals surface area contributed by atoms with Crippen molar-refractivity contribution in [1.82, 2.24) is 19.8 Å². The number of allylic oxidation sites excluding steroid dienone is 1. The molecule has 0 aliphatic carbocycles. The van der Waals surface area contributed by atoms with E-state index in [4.69, 9.17) is 14.5 Å². The number of nitrogens with one attached hydrogen (secondary N) is 1. The lowest BCUT2D eigenvalue weighted by Gasteiger charge is -2.28. The fourth-order valence-corrected chi connectivity index (χ4v) is 6.76. The van der Waals surface area contributed by atoms with E-state index in [1.165, 1.54) is 0 Å². The summed E-state index contributed by atoms with van der Waals surface area (Å²) in [5.74, 6) is 0.759. The molecule has 0 unspecified atom stereocenters. The number of aliphatic hydroxyl groups excluding tert-OH is 1. The van der Waals surface area contributed by atoms with Gasteiger partial charge in [0.25, 0.3) is 0 Å². The Hall–Kier alpha value is -4.44. The molecule has 6 rings (SSSR count). The average molecular weight is 654 g/mol. The number of aromatic amines is 1. The fraction of sp³-hybridized carbons (Fsp3) is 0.474. The standard InChI is InChI=1S/C38H47N5O5/c1-37(2,3)47-35(45)42-17-7-9-32(42)30-20-27(21-39-30)26-15-16-29(28(19-26)23-44)24-11-13-25(14-12-24)31-22-40-34(41-31)33-10-8-18-43(33)36(46)48-38(4,5)6/h11-16,19,21-22,32-33,44H,7-10,17-18,20,23H2,1-6H3,(H,40,41)/t32-,33-/m0/s1. The molecule has 48 heavy (non-hydrogen) atoms. The molecule has 2 saturated heterocycles. The van der Waals surface area contributed by atoms with Crippen LogP contribution >= 0.6 is 0 Å². The van der Waals surface area contributed by atoms with E-state index >= 15 is 0 Å². The lowest BCUT2D eigenvalue weighted by Crippen LogP contribution is -2.43. The Kier molecular flexibility index (Phi) is 9.22. The molecule has 3 aliphatic rings. The Morgan fingerprint density at radius 2 is 1.44 bits per heavy atom. The van der Waals surface area contributed by atoms with Crippen LogP contribution in [0.2, 0.25) is 0 Å². The molecule has 3 aliphatic heterocycles. The maximum Gasteiger partial charge on any atom is 0.410 e. The number of amides is 2. The molecule has 0 spiro atoms. The monoisotopic (exact) mass is 653 g/mol. The summed E-state index contributed by atoms with van der Waals surface area (Å²) in [6.07, 6.45) is 7.30. The number of nitrogens with zero attached hydrogens (tertiary/aromatic N) is 4. The Bertz CT molecular complexity index is 1730. The largest absolute Gasteiger partial charge is 0.444 e. The van der Waals surface area contributed by atoms with E-state index in [1.54, 1.807) is 4.90 Å². The van der Waals surface area contributed by atoms with Crippen LogP contribution in [-0.2, 0) is 16.1 Å². The molecule has 10 heteroatoms. The van der Waals surface area contributed by atoms with Crippen LogP contribution < -0.4 is 0 Å². The second-order valence-electron chi connectivity index (χ2n) is 14.9.